The normalized spacial score (nSPS) is 12.1. The largest absolute Gasteiger partial charge is 0.456 e. The van der Waals surface area contributed by atoms with Crippen molar-refractivity contribution in [2.45, 2.75) is 0 Å². The van der Waals surface area contributed by atoms with Crippen molar-refractivity contribution in [3.05, 3.63) is 115 Å². The van der Waals surface area contributed by atoms with Crippen molar-refractivity contribution < 1.29 is 10.2 Å². The van der Waals surface area contributed by atoms with Crippen LogP contribution in [0.15, 0.2) is 124 Å². The Labute approximate surface area is 218 Å². The van der Waals surface area contributed by atoms with Crippen molar-refractivity contribution in [3.8, 4) is 34.2 Å². The number of aromatic nitrogens is 3. The van der Waals surface area contributed by atoms with E-state index in [4.69, 9.17) is 25.2 Å². The zero-order valence-electron chi connectivity index (χ0n) is 21.1. The van der Waals surface area contributed by atoms with Crippen molar-refractivity contribution in [3.63, 3.8) is 0 Å². The molecule has 0 saturated carbocycles. The number of nitrogens with zero attached hydrogens (tertiary/aromatic N) is 3. The van der Waals surface area contributed by atoms with E-state index in [0.717, 1.165) is 60.6 Å². The van der Waals surface area contributed by atoms with Gasteiger partial charge in [0.05, 0.1) is 1.37 Å². The molecule has 0 unspecified atom stereocenters. The van der Waals surface area contributed by atoms with Gasteiger partial charge in [-0.1, -0.05) is 78.8 Å². The minimum absolute atomic E-state index is 0.430. The van der Waals surface area contributed by atoms with Crippen LogP contribution < -0.4 is 0 Å². The molecule has 0 aliphatic heterocycles. The molecule has 0 radical (unpaired) electrons. The Balaban J connectivity index is 1.32. The average Bonchev–Trinajstić information content (AvgIpc) is 3.54. The van der Waals surface area contributed by atoms with Gasteiger partial charge in [0.25, 0.3) is 0 Å². The Morgan fingerprint density at radius 3 is 1.39 bits per heavy atom. The van der Waals surface area contributed by atoms with Crippen LogP contribution in [0.3, 0.4) is 0 Å². The van der Waals surface area contributed by atoms with E-state index in [1.807, 2.05) is 72.8 Å². The molecular weight excluding hydrogens is 470 g/mol. The topological polar surface area (TPSA) is 65.0 Å². The molecular formula is C33H19N3O2. The Hall–Kier alpha value is -5.29. The molecule has 5 aromatic carbocycles. The summed E-state index contributed by atoms with van der Waals surface area (Å²) in [5, 5.41) is 4.24. The van der Waals surface area contributed by atoms with Gasteiger partial charge in [0.1, 0.15) is 22.3 Å². The summed E-state index contributed by atoms with van der Waals surface area (Å²) in [6.45, 7) is 0. The maximum absolute atomic E-state index is 7.88. The van der Waals surface area contributed by atoms with Crippen LogP contribution in [0.25, 0.3) is 78.0 Å². The molecule has 0 saturated heterocycles. The van der Waals surface area contributed by atoms with Crippen LogP contribution in [0.2, 0.25) is 0 Å². The Morgan fingerprint density at radius 1 is 0.421 bits per heavy atom. The molecule has 0 amide bonds. The number of furan rings is 2. The molecule has 8 rings (SSSR count). The van der Waals surface area contributed by atoms with Gasteiger partial charge in [0.15, 0.2) is 17.5 Å². The third-order valence-electron chi connectivity index (χ3n) is 6.89. The molecule has 0 bridgehead atoms. The van der Waals surface area contributed by atoms with Crippen LogP contribution in [-0.4, -0.2) is 15.0 Å². The van der Waals surface area contributed by atoms with Crippen LogP contribution in [-0.2, 0) is 0 Å². The van der Waals surface area contributed by atoms with E-state index in [0.29, 0.717) is 23.5 Å². The third-order valence-corrected chi connectivity index (χ3v) is 6.89. The summed E-state index contributed by atoms with van der Waals surface area (Å²) in [5.74, 6) is 1.61. The first-order valence-corrected chi connectivity index (χ1v) is 12.4. The molecule has 0 aliphatic carbocycles. The van der Waals surface area contributed by atoms with E-state index in [9.17, 15) is 0 Å². The van der Waals surface area contributed by atoms with Crippen molar-refractivity contribution in [1.29, 1.82) is 0 Å². The fourth-order valence-corrected chi connectivity index (χ4v) is 5.03. The lowest BCUT2D eigenvalue weighted by Gasteiger charge is -2.08. The molecule has 0 atom stereocenters. The lowest BCUT2D eigenvalue weighted by atomic mass is 10.1. The minimum atomic E-state index is 0.430. The highest BCUT2D eigenvalue weighted by atomic mass is 16.3. The van der Waals surface area contributed by atoms with Gasteiger partial charge in [-0.2, -0.15) is 0 Å². The summed E-state index contributed by atoms with van der Waals surface area (Å²) in [6, 6.07) is 35.7. The van der Waals surface area contributed by atoms with Crippen LogP contribution in [0.1, 0.15) is 1.37 Å². The van der Waals surface area contributed by atoms with E-state index >= 15 is 0 Å². The fraction of sp³-hybridized carbons (Fsp3) is 0. The molecule has 3 aromatic heterocycles. The van der Waals surface area contributed by atoms with Crippen LogP contribution in [0.4, 0.5) is 0 Å². The van der Waals surface area contributed by atoms with E-state index in [2.05, 4.69) is 24.3 Å². The second kappa shape index (κ2) is 8.11. The number of hydrogen-bond donors (Lipinski definition) is 0. The SMILES string of the molecule is [2H]c1ccc(-c2nc(-c3ccc4c(c3)oc3ccccc34)nc(-c3ccc4c(c3)oc3ccccc34)n2)cc1. The predicted molar refractivity (Wildman–Crippen MR) is 151 cm³/mol. The Bertz CT molecular complexity index is 2060. The van der Waals surface area contributed by atoms with Gasteiger partial charge in [-0.3, -0.25) is 0 Å². The third kappa shape index (κ3) is 3.29. The van der Waals surface area contributed by atoms with Gasteiger partial charge < -0.3 is 8.83 Å². The summed E-state index contributed by atoms with van der Waals surface area (Å²) in [4.78, 5) is 14.6. The molecule has 38 heavy (non-hydrogen) atoms. The van der Waals surface area contributed by atoms with Crippen molar-refractivity contribution >= 4 is 43.9 Å². The molecule has 8 aromatic rings. The maximum atomic E-state index is 7.88. The highest BCUT2D eigenvalue weighted by Gasteiger charge is 2.16. The quantitative estimate of drug-likeness (QED) is 0.248. The van der Waals surface area contributed by atoms with E-state index in [1.165, 1.54) is 0 Å². The van der Waals surface area contributed by atoms with E-state index in [-0.39, 0.29) is 0 Å². The second-order valence-electron chi connectivity index (χ2n) is 9.21. The highest BCUT2D eigenvalue weighted by Crippen LogP contribution is 2.34. The summed E-state index contributed by atoms with van der Waals surface area (Å²) >= 11 is 0. The minimum Gasteiger partial charge on any atom is -0.456 e. The first-order chi connectivity index (χ1) is 19.2. The fourth-order valence-electron chi connectivity index (χ4n) is 5.03. The highest BCUT2D eigenvalue weighted by molar-refractivity contribution is 6.06. The Morgan fingerprint density at radius 2 is 0.868 bits per heavy atom. The molecule has 5 heteroatoms. The molecule has 0 aliphatic rings. The zero-order chi connectivity index (χ0) is 25.9. The van der Waals surface area contributed by atoms with Crippen molar-refractivity contribution in [1.82, 2.24) is 15.0 Å². The van der Waals surface area contributed by atoms with Crippen molar-refractivity contribution in [2.24, 2.45) is 0 Å². The van der Waals surface area contributed by atoms with Gasteiger partial charge in [-0.25, -0.2) is 15.0 Å². The second-order valence-corrected chi connectivity index (χ2v) is 9.21. The number of para-hydroxylation sites is 2. The lowest BCUT2D eigenvalue weighted by Crippen LogP contribution is -2.00. The zero-order valence-corrected chi connectivity index (χ0v) is 20.1. The van der Waals surface area contributed by atoms with Gasteiger partial charge in [-0.15, -0.1) is 0 Å². The smallest absolute Gasteiger partial charge is 0.164 e. The van der Waals surface area contributed by atoms with Gasteiger partial charge >= 0.3 is 0 Å². The summed E-state index contributed by atoms with van der Waals surface area (Å²) in [6.07, 6.45) is 0. The average molecular weight is 491 g/mol. The van der Waals surface area contributed by atoms with E-state index < -0.39 is 0 Å². The standard InChI is InChI=1S/C33H19N3O2/c1-2-8-20(9-3-1)31-34-32(21-14-16-25-23-10-4-6-12-27(23)37-29(25)18-21)36-33(35-31)22-15-17-26-24-11-5-7-13-28(24)38-30(26)19-22/h1-19H/i1D. The van der Waals surface area contributed by atoms with E-state index in [1.54, 1.807) is 12.1 Å². The van der Waals surface area contributed by atoms with Gasteiger partial charge in [0, 0.05) is 38.2 Å². The molecule has 178 valence electrons. The maximum Gasteiger partial charge on any atom is 0.164 e. The molecule has 5 nitrogen and oxygen atoms in total. The molecule has 0 spiro atoms. The monoisotopic (exact) mass is 490 g/mol. The van der Waals surface area contributed by atoms with Crippen molar-refractivity contribution in [2.75, 3.05) is 0 Å². The molecule has 0 N–H and O–H groups in total. The van der Waals surface area contributed by atoms with Crippen LogP contribution >= 0.6 is 0 Å². The lowest BCUT2D eigenvalue weighted by molar-refractivity contribution is 0.668. The number of benzene rings is 5. The summed E-state index contributed by atoms with van der Waals surface area (Å²) < 4.78 is 20.1. The number of fused-ring (bicyclic) bond motifs is 6. The number of rotatable bonds is 3. The summed E-state index contributed by atoms with van der Waals surface area (Å²) in [5.41, 5.74) is 5.71. The Kier molecular flexibility index (Phi) is 4.24. The van der Waals surface area contributed by atoms with Gasteiger partial charge in [-0.05, 0) is 36.4 Å². The first-order valence-electron chi connectivity index (χ1n) is 12.9. The summed E-state index contributed by atoms with van der Waals surface area (Å²) in [7, 11) is 0. The van der Waals surface area contributed by atoms with Crippen LogP contribution in [0, 0.1) is 0 Å². The predicted octanol–water partition coefficient (Wildman–Crippen LogP) is 8.67. The van der Waals surface area contributed by atoms with Crippen LogP contribution in [0.5, 0.6) is 0 Å². The number of hydrogen-bond acceptors (Lipinski definition) is 5. The molecule has 3 heterocycles. The van der Waals surface area contributed by atoms with Gasteiger partial charge in [0.2, 0.25) is 0 Å². The molecule has 0 fully saturated rings. The first kappa shape index (κ1) is 19.8.